The number of allylic oxidation sites excluding steroid dienone is 12. The Morgan fingerprint density at radius 3 is 1.61 bits per heavy atom. The summed E-state index contributed by atoms with van der Waals surface area (Å²) in [6, 6.07) is -0.628. The van der Waals surface area contributed by atoms with Gasteiger partial charge in [0.15, 0.2) is 12.1 Å². The minimum atomic E-state index is -0.888. The van der Waals surface area contributed by atoms with E-state index >= 15 is 0 Å². The molecule has 0 radical (unpaired) electrons. The summed E-state index contributed by atoms with van der Waals surface area (Å²) in [4.78, 5) is 36.9. The van der Waals surface area contributed by atoms with Gasteiger partial charge in [-0.15, -0.1) is 0 Å². The van der Waals surface area contributed by atoms with Crippen LogP contribution in [0.4, 0.5) is 0 Å². The van der Waals surface area contributed by atoms with Crippen molar-refractivity contribution in [2.24, 2.45) is 0 Å². The number of nitrogens with zero attached hydrogens (tertiary/aromatic N) is 1. The summed E-state index contributed by atoms with van der Waals surface area (Å²) in [5.41, 5.74) is 0. The number of rotatable bonds is 36. The van der Waals surface area contributed by atoms with E-state index in [1.807, 2.05) is 21.1 Å². The van der Waals surface area contributed by atoms with Gasteiger partial charge in [0, 0.05) is 19.3 Å². The van der Waals surface area contributed by atoms with Crippen LogP contribution in [-0.2, 0) is 28.6 Å². The molecule has 0 fully saturated rings. The van der Waals surface area contributed by atoms with Gasteiger partial charge in [-0.2, -0.15) is 0 Å². The predicted octanol–water partition coefficient (Wildman–Crippen LogP) is 11.2. The van der Waals surface area contributed by atoms with Crippen LogP contribution in [0.2, 0.25) is 0 Å². The highest BCUT2D eigenvalue weighted by atomic mass is 16.6. The van der Waals surface area contributed by atoms with Crippen molar-refractivity contribution in [3.63, 3.8) is 0 Å². The molecule has 0 rings (SSSR count). The number of carbonyl (C=O) groups excluding carboxylic acids is 2. The number of carboxylic acid groups (broad SMARTS) is 1. The van der Waals surface area contributed by atoms with Crippen LogP contribution in [-0.4, -0.2) is 80.6 Å². The fourth-order valence-corrected chi connectivity index (χ4v) is 5.59. The van der Waals surface area contributed by atoms with E-state index in [9.17, 15) is 19.5 Å². The molecule has 1 N–H and O–H groups in total. The van der Waals surface area contributed by atoms with Crippen molar-refractivity contribution in [1.82, 2.24) is 0 Å². The molecule has 0 bridgehead atoms. The number of aliphatic carboxylic acids is 1. The maximum absolute atomic E-state index is 12.7. The second kappa shape index (κ2) is 36.7. The molecule has 0 aromatic heterocycles. The Kier molecular flexibility index (Phi) is 34.5. The van der Waals surface area contributed by atoms with Gasteiger partial charge in [0.1, 0.15) is 6.61 Å². The summed E-state index contributed by atoms with van der Waals surface area (Å²) in [5, 5.41) is 9.60. The molecule has 54 heavy (non-hydrogen) atoms. The number of esters is 2. The number of ether oxygens (including phenoxy) is 3. The highest BCUT2D eigenvalue weighted by molar-refractivity contribution is 5.72. The normalized spacial score (nSPS) is 13.7. The molecule has 0 aromatic rings. The molecule has 2 unspecified atom stereocenters. The second-order valence-electron chi connectivity index (χ2n) is 14.9. The Morgan fingerprint density at radius 1 is 0.574 bits per heavy atom. The first-order valence-corrected chi connectivity index (χ1v) is 21.0. The van der Waals surface area contributed by atoms with Crippen molar-refractivity contribution in [2.45, 2.75) is 161 Å². The zero-order valence-electron chi connectivity index (χ0n) is 34.9. The zero-order chi connectivity index (χ0) is 40.0. The number of quaternary nitrogens is 1. The van der Waals surface area contributed by atoms with Crippen molar-refractivity contribution in [2.75, 3.05) is 41.0 Å². The molecule has 0 aliphatic carbocycles. The molecule has 8 heteroatoms. The minimum absolute atomic E-state index is 0.0322. The molecule has 0 aliphatic heterocycles. The summed E-state index contributed by atoms with van der Waals surface area (Å²) in [6.45, 7) is 4.51. The Bertz CT molecular complexity index is 1110. The van der Waals surface area contributed by atoms with Gasteiger partial charge in [-0.1, -0.05) is 125 Å². The van der Waals surface area contributed by atoms with Crippen LogP contribution in [0.3, 0.4) is 0 Å². The van der Waals surface area contributed by atoms with E-state index in [1.54, 1.807) is 0 Å². The average Bonchev–Trinajstić information content (AvgIpc) is 3.12. The van der Waals surface area contributed by atoms with Gasteiger partial charge in [0.2, 0.25) is 0 Å². The summed E-state index contributed by atoms with van der Waals surface area (Å²) in [6.07, 6.45) is 45.2. The smallest absolute Gasteiger partial charge is 0.362 e. The lowest BCUT2D eigenvalue weighted by Gasteiger charge is -2.31. The first-order chi connectivity index (χ1) is 26.1. The number of carbonyl (C=O) groups is 3. The molecule has 0 saturated carbocycles. The number of hydrogen-bond acceptors (Lipinski definition) is 6. The van der Waals surface area contributed by atoms with Crippen molar-refractivity contribution in [3.8, 4) is 0 Å². The lowest BCUT2D eigenvalue weighted by molar-refractivity contribution is -0.887. The maximum Gasteiger partial charge on any atom is 0.362 e. The van der Waals surface area contributed by atoms with E-state index in [-0.39, 0.29) is 42.7 Å². The molecule has 8 nitrogen and oxygen atoms in total. The highest BCUT2D eigenvalue weighted by Gasteiger charge is 2.31. The largest absolute Gasteiger partial charge is 0.477 e. The van der Waals surface area contributed by atoms with E-state index in [0.717, 1.165) is 70.6 Å². The lowest BCUT2D eigenvalue weighted by atomic mass is 10.1. The molecule has 0 amide bonds. The van der Waals surface area contributed by atoms with Crippen molar-refractivity contribution < 1.29 is 38.2 Å². The zero-order valence-corrected chi connectivity index (χ0v) is 34.9. The number of hydrogen-bond donors (Lipinski definition) is 1. The van der Waals surface area contributed by atoms with Gasteiger partial charge in [-0.05, 0) is 77.0 Å². The number of carboxylic acids is 1. The van der Waals surface area contributed by atoms with E-state index in [2.05, 4.69) is 86.8 Å². The SMILES string of the molecule is CC/C=C\C/C=C\C/C=C\C/C=C\C/C=C\CCCC(=O)OC(COCCC(C(=O)O)[N+](C)(C)C)COC(=O)CCCCCCC/C=C\CCCCCC. The van der Waals surface area contributed by atoms with Crippen molar-refractivity contribution in [1.29, 1.82) is 0 Å². The molecule has 0 aromatic carbocycles. The van der Waals surface area contributed by atoms with Crippen LogP contribution in [0.1, 0.15) is 149 Å². The summed E-state index contributed by atoms with van der Waals surface area (Å²) in [5.74, 6) is -1.56. The Morgan fingerprint density at radius 2 is 1.06 bits per heavy atom. The van der Waals surface area contributed by atoms with Gasteiger partial charge >= 0.3 is 17.9 Å². The summed E-state index contributed by atoms with van der Waals surface area (Å²) in [7, 11) is 5.49. The highest BCUT2D eigenvalue weighted by Crippen LogP contribution is 2.12. The van der Waals surface area contributed by atoms with Gasteiger partial charge in [0.25, 0.3) is 0 Å². The molecular weight excluding hydrogens is 679 g/mol. The third kappa shape index (κ3) is 34.5. The van der Waals surface area contributed by atoms with Crippen LogP contribution in [0, 0.1) is 0 Å². The summed E-state index contributed by atoms with van der Waals surface area (Å²) >= 11 is 0. The van der Waals surface area contributed by atoms with Crippen LogP contribution in [0.5, 0.6) is 0 Å². The van der Waals surface area contributed by atoms with Crippen LogP contribution in [0.25, 0.3) is 0 Å². The molecule has 2 atom stereocenters. The molecular formula is C46H78NO7+. The van der Waals surface area contributed by atoms with Crippen LogP contribution < -0.4 is 0 Å². The summed E-state index contributed by atoms with van der Waals surface area (Å²) < 4.78 is 17.2. The van der Waals surface area contributed by atoms with Crippen LogP contribution >= 0.6 is 0 Å². The third-order valence-electron chi connectivity index (χ3n) is 8.84. The second-order valence-corrected chi connectivity index (χ2v) is 14.9. The fraction of sp³-hybridized carbons (Fsp3) is 0.674. The molecule has 308 valence electrons. The van der Waals surface area contributed by atoms with Gasteiger partial charge in [0.05, 0.1) is 34.4 Å². The van der Waals surface area contributed by atoms with E-state index < -0.39 is 18.1 Å². The minimum Gasteiger partial charge on any atom is -0.477 e. The third-order valence-corrected chi connectivity index (χ3v) is 8.84. The Hall–Kier alpha value is -3.23. The first-order valence-electron chi connectivity index (χ1n) is 21.0. The van der Waals surface area contributed by atoms with Gasteiger partial charge in [-0.25, -0.2) is 4.79 Å². The van der Waals surface area contributed by atoms with Crippen LogP contribution in [0.15, 0.2) is 72.9 Å². The Labute approximate surface area is 330 Å². The van der Waals surface area contributed by atoms with E-state index in [1.165, 1.54) is 38.5 Å². The molecule has 0 saturated heterocycles. The first kappa shape index (κ1) is 50.8. The maximum atomic E-state index is 12.7. The molecule has 0 spiro atoms. The Balaban J connectivity index is 4.51. The van der Waals surface area contributed by atoms with Crippen molar-refractivity contribution in [3.05, 3.63) is 72.9 Å². The predicted molar refractivity (Wildman–Crippen MR) is 224 cm³/mol. The number of unbranched alkanes of at least 4 members (excludes halogenated alkanes) is 10. The standard InChI is InChI=1S/C46H77NO7/c1-6-8-10-12-14-16-18-20-21-22-23-25-27-29-31-33-35-37-45(49)54-42(40-52-39-38-43(46(50)51)47(3,4)5)41-53-44(48)36-34-32-30-28-26-24-19-17-15-13-11-9-7-2/h8,10,14,16-17,19-21,23,25,29,31,42-43H,6-7,9,11-13,15,18,22,24,26-28,30,32-41H2,1-5H3/p+1/b10-8-,16-14-,19-17-,21-20-,25-23-,31-29-. The molecule has 0 heterocycles. The lowest BCUT2D eigenvalue weighted by Crippen LogP contribution is -2.50. The topological polar surface area (TPSA) is 99.1 Å². The quantitative estimate of drug-likeness (QED) is 0.0294. The van der Waals surface area contributed by atoms with E-state index in [4.69, 9.17) is 14.2 Å². The van der Waals surface area contributed by atoms with Crippen molar-refractivity contribution >= 4 is 17.9 Å². The average molecular weight is 757 g/mol. The van der Waals surface area contributed by atoms with Gasteiger partial charge < -0.3 is 23.8 Å². The monoisotopic (exact) mass is 757 g/mol. The fourth-order valence-electron chi connectivity index (χ4n) is 5.59. The van der Waals surface area contributed by atoms with E-state index in [0.29, 0.717) is 19.3 Å². The van der Waals surface area contributed by atoms with Gasteiger partial charge in [-0.3, -0.25) is 9.59 Å². The molecule has 0 aliphatic rings. The number of likely N-dealkylation sites (N-methyl/N-ethyl adjacent to an activating group) is 1.